The molecule has 0 N–H and O–H groups in total. The zero-order valence-electron chi connectivity index (χ0n) is 6.94. The summed E-state index contributed by atoms with van der Waals surface area (Å²) in [6.45, 7) is 4.36. The van der Waals surface area contributed by atoms with Crippen molar-refractivity contribution >= 4 is 19.2 Å². The predicted molar refractivity (Wildman–Crippen MR) is 52.1 cm³/mol. The monoisotopic (exact) mass is 176 g/mol. The molecule has 1 atom stereocenters. The van der Waals surface area contributed by atoms with E-state index in [1.807, 2.05) is 0 Å². The van der Waals surface area contributed by atoms with Crippen LogP contribution < -0.4 is 0 Å². The Bertz CT molecular complexity index is 91.3. The van der Waals surface area contributed by atoms with Crippen molar-refractivity contribution in [3.63, 3.8) is 0 Å². The molecule has 0 amide bonds. The van der Waals surface area contributed by atoms with Gasteiger partial charge < -0.3 is 0 Å². The zero-order valence-corrected chi connectivity index (χ0v) is 8.85. The lowest BCUT2D eigenvalue weighted by molar-refractivity contribution is 0.879. The molecule has 0 aliphatic carbocycles. The van der Waals surface area contributed by atoms with E-state index < -0.39 is 8.11 Å². The van der Waals surface area contributed by atoms with Crippen LogP contribution in [0.3, 0.4) is 0 Å². The number of halogens is 1. The zero-order chi connectivity index (χ0) is 7.82. The summed E-state index contributed by atoms with van der Waals surface area (Å²) in [6, 6.07) is 1.26. The third-order valence-corrected chi connectivity index (χ3v) is 4.15. The first-order chi connectivity index (χ1) is 4.81. The highest BCUT2D eigenvalue weighted by Gasteiger charge is 1.98. The van der Waals surface area contributed by atoms with Crippen LogP contribution in [0.4, 0.5) is 0 Å². The van der Waals surface area contributed by atoms with Crippen molar-refractivity contribution in [3.8, 4) is 0 Å². The molecular formula is C8H17ClSi. The average molecular weight is 177 g/mol. The van der Waals surface area contributed by atoms with Crippen LogP contribution in [0.2, 0.25) is 6.04 Å². The molecule has 10 heavy (non-hydrogen) atoms. The fraction of sp³-hybridized carbons (Fsp3) is 0.750. The van der Waals surface area contributed by atoms with Gasteiger partial charge in [-0.25, -0.2) is 0 Å². The van der Waals surface area contributed by atoms with E-state index in [0.717, 1.165) is 6.42 Å². The van der Waals surface area contributed by atoms with Crippen LogP contribution in [0, 0.1) is 0 Å². The van der Waals surface area contributed by atoms with Crippen LogP contribution in [0.15, 0.2) is 11.8 Å². The molecule has 0 radical (unpaired) electrons. The van der Waals surface area contributed by atoms with E-state index in [1.165, 1.54) is 18.9 Å². The molecule has 2 heteroatoms. The maximum atomic E-state index is 6.09. The smallest absolute Gasteiger partial charge is 0.164 e. The summed E-state index contributed by atoms with van der Waals surface area (Å²) in [4.78, 5) is 0. The average Bonchev–Trinajstić information content (AvgIpc) is 1.97. The lowest BCUT2D eigenvalue weighted by atomic mass is 10.4. The molecule has 60 valence electrons. The molecule has 0 saturated heterocycles. The fourth-order valence-electron chi connectivity index (χ4n) is 0.779. The molecule has 0 aliphatic heterocycles. The van der Waals surface area contributed by atoms with Crippen molar-refractivity contribution in [2.24, 2.45) is 0 Å². The molecule has 0 aromatic heterocycles. The highest BCUT2D eigenvalue weighted by atomic mass is 35.6. The highest BCUT2D eigenvalue weighted by Crippen LogP contribution is 2.05. The third-order valence-electron chi connectivity index (χ3n) is 1.41. The van der Waals surface area contributed by atoms with Gasteiger partial charge in [0.15, 0.2) is 8.11 Å². The molecule has 0 aliphatic rings. The molecule has 0 heterocycles. The van der Waals surface area contributed by atoms with Crippen LogP contribution in [0.5, 0.6) is 0 Å². The van der Waals surface area contributed by atoms with E-state index in [-0.39, 0.29) is 0 Å². The summed E-state index contributed by atoms with van der Waals surface area (Å²) in [5.41, 5.74) is 2.23. The van der Waals surface area contributed by atoms with Crippen molar-refractivity contribution in [3.05, 3.63) is 11.8 Å². The maximum Gasteiger partial charge on any atom is 0.164 e. The van der Waals surface area contributed by atoms with E-state index in [1.54, 1.807) is 0 Å². The van der Waals surface area contributed by atoms with Gasteiger partial charge in [-0.3, -0.25) is 0 Å². The largest absolute Gasteiger partial charge is 0.166 e. The van der Waals surface area contributed by atoms with Gasteiger partial charge in [-0.15, -0.1) is 0 Å². The quantitative estimate of drug-likeness (QED) is 0.446. The van der Waals surface area contributed by atoms with Crippen LogP contribution in [-0.4, -0.2) is 8.11 Å². The first-order valence-electron chi connectivity index (χ1n) is 4.12. The number of unbranched alkanes of at least 4 members (excludes halogenated alkanes) is 1. The SMILES string of the molecule is CCC=C[SiH](Cl)CCCC. The Hall–Kier alpha value is 0.247. The highest BCUT2D eigenvalue weighted by molar-refractivity contribution is 7.09. The van der Waals surface area contributed by atoms with E-state index in [4.69, 9.17) is 11.1 Å². The van der Waals surface area contributed by atoms with E-state index in [2.05, 4.69) is 25.6 Å². The third kappa shape index (κ3) is 6.37. The van der Waals surface area contributed by atoms with E-state index in [9.17, 15) is 0 Å². The minimum Gasteiger partial charge on any atom is -0.166 e. The molecular weight excluding hydrogens is 160 g/mol. The number of hydrogen-bond donors (Lipinski definition) is 0. The van der Waals surface area contributed by atoms with Crippen LogP contribution in [0.1, 0.15) is 33.1 Å². The van der Waals surface area contributed by atoms with Crippen molar-refractivity contribution in [2.75, 3.05) is 0 Å². The van der Waals surface area contributed by atoms with Gasteiger partial charge in [0.2, 0.25) is 0 Å². The standard InChI is InChI=1S/C8H17ClSi/c1-3-5-7-10(9)8-6-4-2/h5,7,10H,3-4,6,8H2,1-2H3. The number of hydrogen-bond acceptors (Lipinski definition) is 0. The molecule has 0 rings (SSSR count). The Morgan fingerprint density at radius 2 is 2.10 bits per heavy atom. The van der Waals surface area contributed by atoms with E-state index >= 15 is 0 Å². The summed E-state index contributed by atoms with van der Waals surface area (Å²) in [5.74, 6) is 0. The Labute approximate surface area is 70.6 Å². The maximum absolute atomic E-state index is 6.09. The van der Waals surface area contributed by atoms with Gasteiger partial charge in [0.05, 0.1) is 0 Å². The minimum atomic E-state index is -0.946. The van der Waals surface area contributed by atoms with Gasteiger partial charge in [0, 0.05) is 0 Å². The summed E-state index contributed by atoms with van der Waals surface area (Å²) in [7, 11) is -0.946. The van der Waals surface area contributed by atoms with Gasteiger partial charge in [-0.05, 0) is 12.5 Å². The van der Waals surface area contributed by atoms with Crippen LogP contribution >= 0.6 is 11.1 Å². The number of rotatable bonds is 5. The van der Waals surface area contributed by atoms with Crippen LogP contribution in [0.25, 0.3) is 0 Å². The molecule has 0 bridgehead atoms. The topological polar surface area (TPSA) is 0 Å². The first kappa shape index (κ1) is 10.2. The Morgan fingerprint density at radius 3 is 2.60 bits per heavy atom. The normalized spacial score (nSPS) is 14.3. The molecule has 0 nitrogen and oxygen atoms in total. The second kappa shape index (κ2) is 7.36. The van der Waals surface area contributed by atoms with Crippen molar-refractivity contribution in [1.29, 1.82) is 0 Å². The molecule has 0 saturated carbocycles. The molecule has 0 spiro atoms. The van der Waals surface area contributed by atoms with Gasteiger partial charge in [-0.2, -0.15) is 11.1 Å². The Balaban J connectivity index is 3.24. The predicted octanol–water partition coefficient (Wildman–Crippen LogP) is 3.25. The lowest BCUT2D eigenvalue weighted by Crippen LogP contribution is -1.97. The van der Waals surface area contributed by atoms with Crippen molar-refractivity contribution < 1.29 is 0 Å². The summed E-state index contributed by atoms with van der Waals surface area (Å²) in [6.07, 6.45) is 5.90. The van der Waals surface area contributed by atoms with Crippen LogP contribution in [-0.2, 0) is 0 Å². The van der Waals surface area contributed by atoms with Crippen molar-refractivity contribution in [1.82, 2.24) is 0 Å². The first-order valence-corrected chi connectivity index (χ1v) is 7.34. The second-order valence-electron chi connectivity index (χ2n) is 2.49. The molecule has 0 fully saturated rings. The van der Waals surface area contributed by atoms with Gasteiger partial charge >= 0.3 is 0 Å². The van der Waals surface area contributed by atoms with Gasteiger partial charge in [0.1, 0.15) is 0 Å². The minimum absolute atomic E-state index is 0.946. The van der Waals surface area contributed by atoms with E-state index in [0.29, 0.717) is 0 Å². The Morgan fingerprint density at radius 1 is 1.40 bits per heavy atom. The second-order valence-corrected chi connectivity index (χ2v) is 6.17. The summed E-state index contributed by atoms with van der Waals surface area (Å²) >= 11 is 6.09. The summed E-state index contributed by atoms with van der Waals surface area (Å²) < 4.78 is 0. The van der Waals surface area contributed by atoms with Crippen molar-refractivity contribution in [2.45, 2.75) is 39.2 Å². The Kier molecular flexibility index (Phi) is 7.54. The molecule has 1 unspecified atom stereocenters. The fourth-order valence-corrected chi connectivity index (χ4v) is 3.11. The van der Waals surface area contributed by atoms with Gasteiger partial charge in [0.25, 0.3) is 0 Å². The summed E-state index contributed by atoms with van der Waals surface area (Å²) in [5, 5.41) is 0. The molecule has 0 aromatic carbocycles. The molecule has 0 aromatic rings. The number of allylic oxidation sites excluding steroid dienone is 1. The lowest BCUT2D eigenvalue weighted by Gasteiger charge is -1.98. The van der Waals surface area contributed by atoms with Gasteiger partial charge in [-0.1, -0.05) is 38.5 Å².